The minimum absolute atomic E-state index is 0.519. The van der Waals surface area contributed by atoms with Crippen LogP contribution in [0.4, 0.5) is 0 Å². The summed E-state index contributed by atoms with van der Waals surface area (Å²) < 4.78 is 2.00. The highest BCUT2D eigenvalue weighted by molar-refractivity contribution is 7.99. The topological polar surface area (TPSA) is 42.7 Å². The molecule has 0 aliphatic heterocycles. The van der Waals surface area contributed by atoms with Crippen LogP contribution in [-0.4, -0.2) is 38.4 Å². The summed E-state index contributed by atoms with van der Waals surface area (Å²) in [5.74, 6) is 2.30. The molecule has 5 heteroatoms. The van der Waals surface area contributed by atoms with Crippen molar-refractivity contribution in [3.8, 4) is 0 Å². The van der Waals surface area contributed by atoms with Gasteiger partial charge in [-0.05, 0) is 26.3 Å². The van der Waals surface area contributed by atoms with Gasteiger partial charge in [0, 0.05) is 30.0 Å². The van der Waals surface area contributed by atoms with Gasteiger partial charge in [0.25, 0.3) is 0 Å². The van der Waals surface area contributed by atoms with Crippen molar-refractivity contribution in [1.82, 2.24) is 20.1 Å². The van der Waals surface area contributed by atoms with E-state index in [1.807, 2.05) is 4.68 Å². The molecule has 0 saturated heterocycles. The van der Waals surface area contributed by atoms with E-state index in [9.17, 15) is 0 Å². The highest BCUT2D eigenvalue weighted by atomic mass is 32.2. The first kappa shape index (κ1) is 14.9. The SMILES string of the molecule is CCNC(CSC1CCCC1)Cc1ncnn1CC. The summed E-state index contributed by atoms with van der Waals surface area (Å²) in [5, 5.41) is 8.74. The predicted octanol–water partition coefficient (Wildman–Crippen LogP) is 2.49. The van der Waals surface area contributed by atoms with E-state index in [0.717, 1.165) is 30.6 Å². The molecule has 0 bridgehead atoms. The molecule has 0 radical (unpaired) electrons. The molecule has 2 rings (SSSR count). The molecule has 0 amide bonds. The minimum Gasteiger partial charge on any atom is -0.313 e. The van der Waals surface area contributed by atoms with Gasteiger partial charge in [0.15, 0.2) is 0 Å². The Morgan fingerprint density at radius 1 is 1.42 bits per heavy atom. The quantitative estimate of drug-likeness (QED) is 0.795. The van der Waals surface area contributed by atoms with Crippen LogP contribution in [0, 0.1) is 0 Å². The second-order valence-electron chi connectivity index (χ2n) is 5.19. The van der Waals surface area contributed by atoms with E-state index in [4.69, 9.17) is 0 Å². The normalized spacial score (nSPS) is 18.0. The molecule has 1 aliphatic carbocycles. The van der Waals surface area contributed by atoms with E-state index in [-0.39, 0.29) is 0 Å². The average molecular weight is 282 g/mol. The van der Waals surface area contributed by atoms with Crippen LogP contribution < -0.4 is 5.32 Å². The molecule has 1 saturated carbocycles. The van der Waals surface area contributed by atoms with Crippen molar-refractivity contribution in [2.24, 2.45) is 0 Å². The van der Waals surface area contributed by atoms with Gasteiger partial charge in [-0.3, -0.25) is 4.68 Å². The smallest absolute Gasteiger partial charge is 0.138 e. The number of hydrogen-bond donors (Lipinski definition) is 1. The molecule has 1 unspecified atom stereocenters. The molecule has 4 nitrogen and oxygen atoms in total. The van der Waals surface area contributed by atoms with Gasteiger partial charge in [-0.25, -0.2) is 4.98 Å². The monoisotopic (exact) mass is 282 g/mol. The largest absolute Gasteiger partial charge is 0.313 e. The third-order valence-electron chi connectivity index (χ3n) is 3.75. The fourth-order valence-electron chi connectivity index (χ4n) is 2.72. The highest BCUT2D eigenvalue weighted by Gasteiger charge is 2.19. The molecule has 1 fully saturated rings. The fraction of sp³-hybridized carbons (Fsp3) is 0.857. The van der Waals surface area contributed by atoms with Crippen LogP contribution in [0.2, 0.25) is 0 Å². The van der Waals surface area contributed by atoms with Crippen LogP contribution >= 0.6 is 11.8 Å². The lowest BCUT2D eigenvalue weighted by Crippen LogP contribution is -2.34. The second-order valence-corrected chi connectivity index (χ2v) is 6.52. The molecule has 1 aromatic heterocycles. The summed E-state index contributed by atoms with van der Waals surface area (Å²) >= 11 is 2.15. The summed E-state index contributed by atoms with van der Waals surface area (Å²) in [6.45, 7) is 6.23. The average Bonchev–Trinajstić information content (AvgIpc) is 3.07. The van der Waals surface area contributed by atoms with Gasteiger partial charge in [0.1, 0.15) is 12.2 Å². The van der Waals surface area contributed by atoms with Crippen LogP contribution in [0.15, 0.2) is 6.33 Å². The van der Waals surface area contributed by atoms with Gasteiger partial charge in [0.2, 0.25) is 0 Å². The molecular weight excluding hydrogens is 256 g/mol. The first-order chi connectivity index (χ1) is 9.33. The van der Waals surface area contributed by atoms with Gasteiger partial charge in [0.05, 0.1) is 0 Å². The number of likely N-dealkylation sites (N-methyl/N-ethyl adjacent to an activating group) is 1. The van der Waals surface area contributed by atoms with Gasteiger partial charge in [-0.15, -0.1) is 0 Å². The predicted molar refractivity (Wildman–Crippen MR) is 81.6 cm³/mol. The van der Waals surface area contributed by atoms with Crippen molar-refractivity contribution >= 4 is 11.8 Å². The van der Waals surface area contributed by atoms with E-state index < -0.39 is 0 Å². The van der Waals surface area contributed by atoms with Crippen molar-refractivity contribution in [1.29, 1.82) is 0 Å². The molecule has 1 heterocycles. The molecular formula is C14H26N4S. The number of aromatic nitrogens is 3. The second kappa shape index (κ2) is 7.90. The first-order valence-corrected chi connectivity index (χ1v) is 8.60. The zero-order valence-corrected chi connectivity index (χ0v) is 13.0. The highest BCUT2D eigenvalue weighted by Crippen LogP contribution is 2.29. The van der Waals surface area contributed by atoms with Crippen molar-refractivity contribution in [2.75, 3.05) is 12.3 Å². The van der Waals surface area contributed by atoms with Crippen LogP contribution in [-0.2, 0) is 13.0 Å². The van der Waals surface area contributed by atoms with Crippen LogP contribution in [0.25, 0.3) is 0 Å². The van der Waals surface area contributed by atoms with Crippen molar-refractivity contribution in [3.05, 3.63) is 12.2 Å². The summed E-state index contributed by atoms with van der Waals surface area (Å²) in [6, 6.07) is 0.519. The maximum Gasteiger partial charge on any atom is 0.138 e. The lowest BCUT2D eigenvalue weighted by molar-refractivity contribution is 0.526. The standard InChI is InChI=1S/C14H26N4S/c1-3-15-12(10-19-13-7-5-6-8-13)9-14-16-11-17-18(14)4-2/h11-13,15H,3-10H2,1-2H3. The number of hydrogen-bond acceptors (Lipinski definition) is 4. The van der Waals surface area contributed by atoms with Gasteiger partial charge < -0.3 is 5.32 Å². The third-order valence-corrected chi connectivity index (χ3v) is 5.29. The van der Waals surface area contributed by atoms with Crippen molar-refractivity contribution in [2.45, 2.75) is 63.8 Å². The summed E-state index contributed by atoms with van der Waals surface area (Å²) in [6.07, 6.45) is 8.33. The third kappa shape index (κ3) is 4.49. The molecule has 1 N–H and O–H groups in total. The summed E-state index contributed by atoms with van der Waals surface area (Å²) in [5.41, 5.74) is 0. The number of rotatable bonds is 8. The molecule has 19 heavy (non-hydrogen) atoms. The van der Waals surface area contributed by atoms with E-state index >= 15 is 0 Å². The maximum atomic E-state index is 4.39. The Bertz CT molecular complexity index is 360. The molecule has 0 spiro atoms. The van der Waals surface area contributed by atoms with Crippen molar-refractivity contribution < 1.29 is 0 Å². The molecule has 0 aromatic carbocycles. The Morgan fingerprint density at radius 3 is 2.89 bits per heavy atom. The van der Waals surface area contributed by atoms with Gasteiger partial charge >= 0.3 is 0 Å². The van der Waals surface area contributed by atoms with Crippen LogP contribution in [0.1, 0.15) is 45.4 Å². The Labute approximate surface area is 120 Å². The van der Waals surface area contributed by atoms with E-state index in [2.05, 4.69) is 41.0 Å². The Hall–Kier alpha value is -0.550. The molecule has 1 aromatic rings. The Kier molecular flexibility index (Phi) is 6.17. The van der Waals surface area contributed by atoms with Crippen molar-refractivity contribution in [3.63, 3.8) is 0 Å². The van der Waals surface area contributed by atoms with E-state index in [1.165, 1.54) is 31.4 Å². The van der Waals surface area contributed by atoms with Gasteiger partial charge in [-0.1, -0.05) is 19.8 Å². The molecule has 108 valence electrons. The van der Waals surface area contributed by atoms with E-state index in [0.29, 0.717) is 6.04 Å². The maximum absolute atomic E-state index is 4.39. The fourth-order valence-corrected chi connectivity index (χ4v) is 4.12. The van der Waals surface area contributed by atoms with Crippen LogP contribution in [0.5, 0.6) is 0 Å². The number of thioether (sulfide) groups is 1. The number of aryl methyl sites for hydroxylation is 1. The Morgan fingerprint density at radius 2 is 2.21 bits per heavy atom. The number of nitrogens with zero attached hydrogens (tertiary/aromatic N) is 3. The van der Waals surface area contributed by atoms with Gasteiger partial charge in [-0.2, -0.15) is 16.9 Å². The lowest BCUT2D eigenvalue weighted by Gasteiger charge is -2.19. The minimum atomic E-state index is 0.519. The molecule has 1 aliphatic rings. The number of nitrogens with one attached hydrogen (secondary N) is 1. The van der Waals surface area contributed by atoms with Crippen LogP contribution in [0.3, 0.4) is 0 Å². The first-order valence-electron chi connectivity index (χ1n) is 7.55. The Balaban J connectivity index is 1.84. The van der Waals surface area contributed by atoms with E-state index in [1.54, 1.807) is 6.33 Å². The molecule has 1 atom stereocenters. The summed E-state index contributed by atoms with van der Waals surface area (Å²) in [4.78, 5) is 4.39. The summed E-state index contributed by atoms with van der Waals surface area (Å²) in [7, 11) is 0. The lowest BCUT2D eigenvalue weighted by atomic mass is 10.2. The zero-order chi connectivity index (χ0) is 13.5. The zero-order valence-electron chi connectivity index (χ0n) is 12.1.